The van der Waals surface area contributed by atoms with E-state index in [-0.39, 0.29) is 37.4 Å². The van der Waals surface area contributed by atoms with Crippen LogP contribution in [-0.2, 0) is 30.6 Å². The quantitative estimate of drug-likeness (QED) is 0.497. The molecule has 2 N–H and O–H groups in total. The van der Waals surface area contributed by atoms with Crippen LogP contribution < -0.4 is 4.74 Å². The molecular weight excluding hydrogens is 465 g/mol. The van der Waals surface area contributed by atoms with Gasteiger partial charge in [-0.2, -0.15) is 13.2 Å². The minimum absolute atomic E-state index is 0.0425. The highest BCUT2D eigenvalue weighted by Crippen LogP contribution is 2.36. The van der Waals surface area contributed by atoms with Gasteiger partial charge in [-0.25, -0.2) is 9.97 Å². The van der Waals surface area contributed by atoms with Gasteiger partial charge in [-0.15, -0.1) is 22.7 Å². The maximum absolute atomic E-state index is 12.6. The molecular formula is C21H19F3N2O4S2. The number of aromatic nitrogens is 2. The summed E-state index contributed by atoms with van der Waals surface area (Å²) in [5.41, 5.74) is 0.340. The number of halogens is 3. The number of thiazole rings is 2. The Morgan fingerprint density at radius 1 is 1.09 bits per heavy atom. The lowest BCUT2D eigenvalue weighted by atomic mass is 9.78. The third-order valence-corrected chi connectivity index (χ3v) is 7.12. The summed E-state index contributed by atoms with van der Waals surface area (Å²) in [6.45, 7) is -0.482. The molecule has 0 atom stereocenters. The normalized spacial score (nSPS) is 18.4. The molecule has 1 fully saturated rings. The second-order valence-electron chi connectivity index (χ2n) is 7.40. The Kier molecular flexibility index (Phi) is 6.61. The number of carbonyl (C=O) groups is 1. The molecule has 1 aliphatic carbocycles. The monoisotopic (exact) mass is 484 g/mol. The van der Waals surface area contributed by atoms with Crippen LogP contribution in [0.5, 0.6) is 5.75 Å². The Bertz CT molecular complexity index is 1090. The van der Waals surface area contributed by atoms with E-state index in [1.54, 1.807) is 5.38 Å². The van der Waals surface area contributed by atoms with Crippen molar-refractivity contribution in [3.05, 3.63) is 50.9 Å². The lowest BCUT2D eigenvalue weighted by Gasteiger charge is -2.34. The van der Waals surface area contributed by atoms with Crippen molar-refractivity contribution in [2.45, 2.75) is 44.8 Å². The van der Waals surface area contributed by atoms with Crippen LogP contribution in [0.1, 0.15) is 34.1 Å². The Morgan fingerprint density at radius 2 is 1.81 bits per heavy atom. The molecule has 1 saturated carbocycles. The standard InChI is InChI=1S/C21H19F3N2O4S2/c22-21(23,24)12-1-3-13(4-2-12)30-14-5-11(6-14)17(29)7-18-26-16(10-31-18)20-15(8-27)25-19(9-28)32-20/h1-4,10-11,14,27-28H,5-9H2. The molecule has 0 bridgehead atoms. The Hall–Kier alpha value is -2.34. The van der Waals surface area contributed by atoms with Crippen LogP contribution in [0.2, 0.25) is 0 Å². The maximum atomic E-state index is 12.6. The van der Waals surface area contributed by atoms with Gasteiger partial charge in [0, 0.05) is 11.3 Å². The molecule has 2 aromatic heterocycles. The molecule has 0 amide bonds. The lowest BCUT2D eigenvalue weighted by Crippen LogP contribution is -2.38. The van der Waals surface area contributed by atoms with Crippen LogP contribution in [0.3, 0.4) is 0 Å². The van der Waals surface area contributed by atoms with E-state index in [1.165, 1.54) is 34.8 Å². The fourth-order valence-corrected chi connectivity index (χ4v) is 5.17. The van der Waals surface area contributed by atoms with E-state index in [0.717, 1.165) is 12.1 Å². The van der Waals surface area contributed by atoms with Crippen molar-refractivity contribution in [3.63, 3.8) is 0 Å². The van der Waals surface area contributed by atoms with Crippen molar-refractivity contribution in [3.8, 4) is 16.3 Å². The molecule has 0 saturated heterocycles. The molecule has 3 aromatic rings. The molecule has 32 heavy (non-hydrogen) atoms. The van der Waals surface area contributed by atoms with Crippen molar-refractivity contribution >= 4 is 28.5 Å². The summed E-state index contributed by atoms with van der Waals surface area (Å²) >= 11 is 2.60. The van der Waals surface area contributed by atoms with Gasteiger partial charge in [-0.1, -0.05) is 0 Å². The summed E-state index contributed by atoms with van der Waals surface area (Å²) in [5, 5.41) is 21.6. The third kappa shape index (κ3) is 5.01. The van der Waals surface area contributed by atoms with Crippen molar-refractivity contribution in [1.82, 2.24) is 9.97 Å². The summed E-state index contributed by atoms with van der Waals surface area (Å²) in [4.78, 5) is 21.9. The number of alkyl halides is 3. The fraction of sp³-hybridized carbons (Fsp3) is 0.381. The van der Waals surface area contributed by atoms with Crippen molar-refractivity contribution in [1.29, 1.82) is 0 Å². The molecule has 0 radical (unpaired) electrons. The first-order chi connectivity index (χ1) is 15.3. The number of aliphatic hydroxyl groups excluding tert-OH is 2. The zero-order chi connectivity index (χ0) is 22.9. The van der Waals surface area contributed by atoms with E-state index in [0.29, 0.717) is 44.9 Å². The van der Waals surface area contributed by atoms with E-state index in [9.17, 15) is 28.2 Å². The van der Waals surface area contributed by atoms with Crippen molar-refractivity contribution in [2.24, 2.45) is 5.92 Å². The predicted molar refractivity (Wildman–Crippen MR) is 112 cm³/mol. The molecule has 0 unspecified atom stereocenters. The van der Waals surface area contributed by atoms with Crippen LogP contribution >= 0.6 is 22.7 Å². The van der Waals surface area contributed by atoms with Gasteiger partial charge in [0.25, 0.3) is 0 Å². The number of rotatable bonds is 8. The smallest absolute Gasteiger partial charge is 0.416 e. The number of hydrogen-bond donors (Lipinski definition) is 2. The van der Waals surface area contributed by atoms with Gasteiger partial charge in [0.2, 0.25) is 0 Å². The van der Waals surface area contributed by atoms with Crippen molar-refractivity contribution < 1.29 is 32.9 Å². The first kappa shape index (κ1) is 22.8. The number of carbonyl (C=O) groups excluding carboxylic acids is 1. The molecule has 170 valence electrons. The van der Waals surface area contributed by atoms with E-state index in [2.05, 4.69) is 9.97 Å². The molecule has 6 nitrogen and oxygen atoms in total. The average Bonchev–Trinajstić information content (AvgIpc) is 3.36. The third-order valence-electron chi connectivity index (χ3n) is 5.17. The highest BCUT2D eigenvalue weighted by molar-refractivity contribution is 7.16. The molecule has 11 heteroatoms. The summed E-state index contributed by atoms with van der Waals surface area (Å²) in [7, 11) is 0. The van der Waals surface area contributed by atoms with Gasteiger partial charge in [-0.3, -0.25) is 4.79 Å². The summed E-state index contributed by atoms with van der Waals surface area (Å²) in [6.07, 6.45) is -3.37. The minimum Gasteiger partial charge on any atom is -0.490 e. The van der Waals surface area contributed by atoms with Gasteiger partial charge in [0.15, 0.2) is 0 Å². The highest BCUT2D eigenvalue weighted by Gasteiger charge is 2.36. The zero-order valence-corrected chi connectivity index (χ0v) is 18.3. The first-order valence-corrected chi connectivity index (χ1v) is 11.5. The second kappa shape index (κ2) is 9.26. The average molecular weight is 485 g/mol. The van der Waals surface area contributed by atoms with E-state index in [1.807, 2.05) is 0 Å². The number of ketones is 1. The Balaban J connectivity index is 1.30. The fourth-order valence-electron chi connectivity index (χ4n) is 3.41. The van der Waals surface area contributed by atoms with Gasteiger partial charge < -0.3 is 14.9 Å². The summed E-state index contributed by atoms with van der Waals surface area (Å²) in [6, 6.07) is 4.53. The van der Waals surface area contributed by atoms with Crippen molar-refractivity contribution in [2.75, 3.05) is 0 Å². The Labute approximate surface area is 189 Å². The van der Waals surface area contributed by atoms with Crippen LogP contribution in [0.15, 0.2) is 29.6 Å². The minimum atomic E-state index is -4.39. The number of Topliss-reactive ketones (excluding diaryl/α,β-unsaturated/α-hetero) is 1. The summed E-state index contributed by atoms with van der Waals surface area (Å²) in [5.74, 6) is 0.227. The predicted octanol–water partition coefficient (Wildman–Crippen LogP) is 4.24. The van der Waals surface area contributed by atoms with E-state index >= 15 is 0 Å². The van der Waals surface area contributed by atoms with Gasteiger partial charge in [-0.05, 0) is 37.1 Å². The van der Waals surface area contributed by atoms with E-state index < -0.39 is 11.7 Å². The molecule has 1 aliphatic rings. The molecule has 4 rings (SSSR count). The van der Waals surface area contributed by atoms with Gasteiger partial charge in [0.05, 0.1) is 41.5 Å². The van der Waals surface area contributed by atoms with Crippen LogP contribution in [0, 0.1) is 5.92 Å². The zero-order valence-electron chi connectivity index (χ0n) is 16.6. The van der Waals surface area contributed by atoms with Gasteiger partial charge in [0.1, 0.15) is 27.7 Å². The summed E-state index contributed by atoms with van der Waals surface area (Å²) < 4.78 is 43.5. The Morgan fingerprint density at radius 3 is 2.44 bits per heavy atom. The largest absolute Gasteiger partial charge is 0.490 e. The molecule has 0 aliphatic heterocycles. The molecule has 1 aromatic carbocycles. The highest BCUT2D eigenvalue weighted by atomic mass is 32.1. The maximum Gasteiger partial charge on any atom is 0.416 e. The number of benzene rings is 1. The topological polar surface area (TPSA) is 92.5 Å². The first-order valence-electron chi connectivity index (χ1n) is 9.78. The number of ether oxygens (including phenoxy) is 1. The van der Waals surface area contributed by atoms with Gasteiger partial charge >= 0.3 is 6.18 Å². The molecule has 2 heterocycles. The lowest BCUT2D eigenvalue weighted by molar-refractivity contribution is -0.137. The van der Waals surface area contributed by atoms with Crippen LogP contribution in [-0.4, -0.2) is 32.1 Å². The number of aliphatic hydroxyl groups is 2. The van der Waals surface area contributed by atoms with E-state index in [4.69, 9.17) is 4.74 Å². The van der Waals surface area contributed by atoms with Crippen LogP contribution in [0.25, 0.3) is 10.6 Å². The molecule has 0 spiro atoms. The van der Waals surface area contributed by atoms with Crippen LogP contribution in [0.4, 0.5) is 13.2 Å². The second-order valence-corrected chi connectivity index (χ2v) is 9.43. The number of hydrogen-bond acceptors (Lipinski definition) is 8. The SMILES string of the molecule is O=C(Cc1nc(-c2sc(CO)nc2CO)cs1)C1CC(Oc2ccc(C(F)(F)F)cc2)C1. The number of nitrogens with zero attached hydrogens (tertiary/aromatic N) is 2.